The van der Waals surface area contributed by atoms with Gasteiger partial charge in [0.05, 0.1) is 5.69 Å². The lowest BCUT2D eigenvalue weighted by Gasteiger charge is -2.26. The SMILES string of the molecule is Cc1cc(NS(=O)(=O)N2CCCCC2)c(C)cc1O. The molecule has 0 bridgehead atoms. The van der Waals surface area contributed by atoms with Crippen LogP contribution in [-0.4, -0.2) is 30.9 Å². The van der Waals surface area contributed by atoms with Crippen molar-refractivity contribution >= 4 is 15.9 Å². The lowest BCUT2D eigenvalue weighted by molar-refractivity contribution is 0.349. The smallest absolute Gasteiger partial charge is 0.301 e. The molecule has 0 radical (unpaired) electrons. The van der Waals surface area contributed by atoms with E-state index in [-0.39, 0.29) is 5.75 Å². The highest BCUT2D eigenvalue weighted by molar-refractivity contribution is 7.90. The minimum absolute atomic E-state index is 0.179. The number of aromatic hydroxyl groups is 1. The van der Waals surface area contributed by atoms with Crippen LogP contribution in [0, 0.1) is 13.8 Å². The molecule has 0 unspecified atom stereocenters. The molecule has 2 N–H and O–H groups in total. The third-order valence-corrected chi connectivity index (χ3v) is 4.96. The highest BCUT2D eigenvalue weighted by atomic mass is 32.2. The maximum Gasteiger partial charge on any atom is 0.301 e. The van der Waals surface area contributed by atoms with Crippen molar-refractivity contribution in [3.8, 4) is 5.75 Å². The van der Waals surface area contributed by atoms with E-state index in [0.717, 1.165) is 19.3 Å². The molecule has 2 rings (SSSR count). The van der Waals surface area contributed by atoms with E-state index >= 15 is 0 Å². The third kappa shape index (κ3) is 3.19. The summed E-state index contributed by atoms with van der Waals surface area (Å²) in [6.45, 7) is 4.66. The van der Waals surface area contributed by atoms with Gasteiger partial charge in [-0.1, -0.05) is 6.42 Å². The Labute approximate surface area is 114 Å². The quantitative estimate of drug-likeness (QED) is 0.836. The highest BCUT2D eigenvalue weighted by Gasteiger charge is 2.24. The standard InChI is InChI=1S/C13H20N2O3S/c1-10-9-13(16)11(2)8-12(10)14-19(17,18)15-6-4-3-5-7-15/h8-9,14,16H,3-7H2,1-2H3. The Hall–Kier alpha value is -1.27. The molecule has 5 nitrogen and oxygen atoms in total. The molecule has 1 aliphatic heterocycles. The number of nitrogens with one attached hydrogen (secondary N) is 1. The molecule has 1 aliphatic rings. The van der Waals surface area contributed by atoms with E-state index in [2.05, 4.69) is 4.72 Å². The number of anilines is 1. The normalized spacial score (nSPS) is 17.4. The Morgan fingerprint density at radius 3 is 2.37 bits per heavy atom. The number of hydrogen-bond donors (Lipinski definition) is 2. The van der Waals surface area contributed by atoms with Crippen LogP contribution in [0.25, 0.3) is 0 Å². The lowest BCUT2D eigenvalue weighted by Crippen LogP contribution is -2.39. The van der Waals surface area contributed by atoms with Crippen molar-refractivity contribution in [1.29, 1.82) is 0 Å². The first-order valence-electron chi connectivity index (χ1n) is 6.48. The molecule has 1 fully saturated rings. The predicted molar refractivity (Wildman–Crippen MR) is 75.5 cm³/mol. The molecule has 6 heteroatoms. The summed E-state index contributed by atoms with van der Waals surface area (Å²) in [5, 5.41) is 9.58. The molecule has 0 atom stereocenters. The minimum atomic E-state index is -3.49. The summed E-state index contributed by atoms with van der Waals surface area (Å²) in [6, 6.07) is 3.23. The largest absolute Gasteiger partial charge is 0.508 e. The molecule has 0 amide bonds. The number of hydrogen-bond acceptors (Lipinski definition) is 3. The fourth-order valence-corrected chi connectivity index (χ4v) is 3.59. The first kappa shape index (κ1) is 14.1. The number of rotatable bonds is 3. The summed E-state index contributed by atoms with van der Waals surface area (Å²) in [6.07, 6.45) is 2.91. The second-order valence-corrected chi connectivity index (χ2v) is 6.69. The molecular formula is C13H20N2O3S. The Kier molecular flexibility index (Phi) is 4.01. The Bertz CT molecular complexity index is 563. The molecule has 1 heterocycles. The van der Waals surface area contributed by atoms with Gasteiger partial charge in [0.1, 0.15) is 5.75 Å². The molecule has 1 saturated heterocycles. The van der Waals surface area contributed by atoms with Crippen LogP contribution in [0.5, 0.6) is 5.75 Å². The monoisotopic (exact) mass is 284 g/mol. The number of nitrogens with zero attached hydrogens (tertiary/aromatic N) is 1. The van der Waals surface area contributed by atoms with E-state index in [1.54, 1.807) is 26.0 Å². The van der Waals surface area contributed by atoms with Crippen molar-refractivity contribution in [2.45, 2.75) is 33.1 Å². The number of aryl methyl sites for hydroxylation is 2. The number of benzene rings is 1. The first-order valence-corrected chi connectivity index (χ1v) is 7.92. The van der Waals surface area contributed by atoms with Crippen LogP contribution in [0.3, 0.4) is 0 Å². The molecule has 19 heavy (non-hydrogen) atoms. The van der Waals surface area contributed by atoms with E-state index in [1.807, 2.05) is 0 Å². The van der Waals surface area contributed by atoms with Crippen LogP contribution in [0.4, 0.5) is 5.69 Å². The molecular weight excluding hydrogens is 264 g/mol. The van der Waals surface area contributed by atoms with E-state index in [0.29, 0.717) is 29.9 Å². The van der Waals surface area contributed by atoms with Crippen molar-refractivity contribution in [2.24, 2.45) is 0 Å². The number of piperidine rings is 1. The van der Waals surface area contributed by atoms with Gasteiger partial charge in [0, 0.05) is 13.1 Å². The number of phenols is 1. The average molecular weight is 284 g/mol. The van der Waals surface area contributed by atoms with Gasteiger partial charge in [-0.25, -0.2) is 0 Å². The molecule has 0 aromatic heterocycles. The summed E-state index contributed by atoms with van der Waals surface area (Å²) >= 11 is 0. The number of phenolic OH excluding ortho intramolecular Hbond substituents is 1. The maximum atomic E-state index is 12.3. The van der Waals surface area contributed by atoms with E-state index in [9.17, 15) is 13.5 Å². The van der Waals surface area contributed by atoms with Gasteiger partial charge in [-0.15, -0.1) is 0 Å². The van der Waals surface area contributed by atoms with Crippen LogP contribution in [0.15, 0.2) is 12.1 Å². The Balaban J connectivity index is 2.22. The van der Waals surface area contributed by atoms with Crippen LogP contribution in [0.2, 0.25) is 0 Å². The van der Waals surface area contributed by atoms with Crippen LogP contribution in [0.1, 0.15) is 30.4 Å². The van der Waals surface area contributed by atoms with Gasteiger partial charge >= 0.3 is 10.2 Å². The van der Waals surface area contributed by atoms with Gasteiger partial charge in [0.25, 0.3) is 0 Å². The second kappa shape index (κ2) is 5.38. The van der Waals surface area contributed by atoms with E-state index < -0.39 is 10.2 Å². The zero-order valence-corrected chi connectivity index (χ0v) is 12.1. The zero-order valence-electron chi connectivity index (χ0n) is 11.3. The molecule has 1 aromatic rings. The maximum absolute atomic E-state index is 12.3. The second-order valence-electron chi connectivity index (χ2n) is 5.02. The molecule has 0 saturated carbocycles. The Morgan fingerprint density at radius 1 is 1.11 bits per heavy atom. The summed E-state index contributed by atoms with van der Waals surface area (Å²) in [4.78, 5) is 0. The predicted octanol–water partition coefficient (Wildman–Crippen LogP) is 2.15. The van der Waals surface area contributed by atoms with Crippen LogP contribution >= 0.6 is 0 Å². The summed E-state index contributed by atoms with van der Waals surface area (Å²) < 4.78 is 28.6. The summed E-state index contributed by atoms with van der Waals surface area (Å²) in [5.41, 5.74) is 1.89. The minimum Gasteiger partial charge on any atom is -0.508 e. The highest BCUT2D eigenvalue weighted by Crippen LogP contribution is 2.26. The average Bonchev–Trinajstić information content (AvgIpc) is 2.37. The van der Waals surface area contributed by atoms with E-state index in [4.69, 9.17) is 0 Å². The molecule has 0 aliphatic carbocycles. The van der Waals surface area contributed by atoms with Crippen LogP contribution < -0.4 is 4.72 Å². The van der Waals surface area contributed by atoms with Crippen LogP contribution in [-0.2, 0) is 10.2 Å². The van der Waals surface area contributed by atoms with Gasteiger partial charge in [0.15, 0.2) is 0 Å². The van der Waals surface area contributed by atoms with Gasteiger partial charge < -0.3 is 5.11 Å². The van der Waals surface area contributed by atoms with Gasteiger partial charge in [-0.2, -0.15) is 12.7 Å². The zero-order chi connectivity index (χ0) is 14.0. The van der Waals surface area contributed by atoms with Gasteiger partial charge in [0.2, 0.25) is 0 Å². The van der Waals surface area contributed by atoms with Crippen molar-refractivity contribution in [1.82, 2.24) is 4.31 Å². The van der Waals surface area contributed by atoms with E-state index in [1.165, 1.54) is 4.31 Å². The molecule has 1 aromatic carbocycles. The molecule has 0 spiro atoms. The van der Waals surface area contributed by atoms with Crippen molar-refractivity contribution < 1.29 is 13.5 Å². The summed E-state index contributed by atoms with van der Waals surface area (Å²) in [7, 11) is -3.49. The van der Waals surface area contributed by atoms with Crippen molar-refractivity contribution in [3.63, 3.8) is 0 Å². The van der Waals surface area contributed by atoms with Gasteiger partial charge in [-0.05, 0) is 49.9 Å². The van der Waals surface area contributed by atoms with Crippen molar-refractivity contribution in [2.75, 3.05) is 17.8 Å². The first-order chi connectivity index (χ1) is 8.90. The summed E-state index contributed by atoms with van der Waals surface area (Å²) in [5.74, 6) is 0.179. The fourth-order valence-electron chi connectivity index (χ4n) is 2.22. The van der Waals surface area contributed by atoms with Crippen molar-refractivity contribution in [3.05, 3.63) is 23.3 Å². The van der Waals surface area contributed by atoms with Gasteiger partial charge in [-0.3, -0.25) is 4.72 Å². The third-order valence-electron chi connectivity index (χ3n) is 3.44. The fraction of sp³-hybridized carbons (Fsp3) is 0.538. The molecule has 106 valence electrons. The Morgan fingerprint density at radius 2 is 1.74 bits per heavy atom. The lowest BCUT2D eigenvalue weighted by atomic mass is 10.1. The topological polar surface area (TPSA) is 69.6 Å².